The van der Waals surface area contributed by atoms with Crippen LogP contribution in [0.25, 0.3) is 0 Å². The number of aryl methyl sites for hydroxylation is 1. The molecule has 0 aliphatic carbocycles. The second-order valence-electron chi connectivity index (χ2n) is 7.34. The number of aromatic nitrogens is 1. The Hall–Kier alpha value is -2.42. The quantitative estimate of drug-likeness (QED) is 0.714. The summed E-state index contributed by atoms with van der Waals surface area (Å²) in [7, 11) is 0. The molecule has 30 heavy (non-hydrogen) atoms. The molecule has 1 saturated heterocycles. The molecule has 162 valence electrons. The summed E-state index contributed by atoms with van der Waals surface area (Å²) < 4.78 is 38.7. The third-order valence-electron chi connectivity index (χ3n) is 5.10. The maximum absolute atomic E-state index is 12.9. The summed E-state index contributed by atoms with van der Waals surface area (Å²) in [6, 6.07) is 4.95. The molecule has 1 N–H and O–H groups in total. The lowest BCUT2D eigenvalue weighted by atomic mass is 9.96. The summed E-state index contributed by atoms with van der Waals surface area (Å²) in [5.41, 5.74) is 0.694. The normalized spacial score (nSPS) is 17.3. The first-order valence-corrected chi connectivity index (χ1v) is 10.8. The molecule has 0 saturated carbocycles. The van der Waals surface area contributed by atoms with E-state index in [0.29, 0.717) is 24.9 Å². The van der Waals surface area contributed by atoms with E-state index in [1.54, 1.807) is 17.4 Å². The van der Waals surface area contributed by atoms with Gasteiger partial charge in [0.2, 0.25) is 11.8 Å². The Balaban J connectivity index is 1.54. The number of amides is 2. The van der Waals surface area contributed by atoms with Crippen molar-refractivity contribution in [2.45, 2.75) is 45.3 Å². The Labute approximate surface area is 177 Å². The number of halogens is 3. The van der Waals surface area contributed by atoms with Gasteiger partial charge < -0.3 is 10.2 Å². The number of carbonyl (C=O) groups is 2. The van der Waals surface area contributed by atoms with Gasteiger partial charge in [-0.2, -0.15) is 13.2 Å². The van der Waals surface area contributed by atoms with Crippen LogP contribution < -0.4 is 5.32 Å². The zero-order valence-electron chi connectivity index (χ0n) is 16.7. The predicted molar refractivity (Wildman–Crippen MR) is 108 cm³/mol. The lowest BCUT2D eigenvalue weighted by Gasteiger charge is -2.32. The van der Waals surface area contributed by atoms with Crippen LogP contribution in [-0.4, -0.2) is 34.8 Å². The first-order valence-electron chi connectivity index (χ1n) is 9.91. The van der Waals surface area contributed by atoms with Crippen LogP contribution in [-0.2, 0) is 35.2 Å². The van der Waals surface area contributed by atoms with E-state index in [0.717, 1.165) is 29.3 Å². The van der Waals surface area contributed by atoms with E-state index in [9.17, 15) is 22.8 Å². The molecule has 2 amide bonds. The number of likely N-dealkylation sites (tertiary alicyclic amines) is 1. The highest BCUT2D eigenvalue weighted by Gasteiger charge is 2.32. The molecule has 0 radical (unpaired) electrons. The van der Waals surface area contributed by atoms with Crippen LogP contribution in [0.1, 0.15) is 41.6 Å². The van der Waals surface area contributed by atoms with E-state index in [4.69, 9.17) is 0 Å². The van der Waals surface area contributed by atoms with E-state index in [1.165, 1.54) is 11.0 Å². The highest BCUT2D eigenvalue weighted by Crippen LogP contribution is 2.30. The fourth-order valence-electron chi connectivity index (χ4n) is 3.41. The number of hydrogen-bond acceptors (Lipinski definition) is 4. The van der Waals surface area contributed by atoms with Crippen LogP contribution in [0.4, 0.5) is 13.2 Å². The zero-order valence-corrected chi connectivity index (χ0v) is 17.5. The molecule has 5 nitrogen and oxygen atoms in total. The Morgan fingerprint density at radius 2 is 2.17 bits per heavy atom. The van der Waals surface area contributed by atoms with Crippen molar-refractivity contribution in [3.63, 3.8) is 0 Å². The molecule has 1 aromatic heterocycles. The fraction of sp³-hybridized carbons (Fsp3) is 0.476. The van der Waals surface area contributed by atoms with Gasteiger partial charge in [0, 0.05) is 37.9 Å². The van der Waals surface area contributed by atoms with E-state index in [2.05, 4.69) is 10.3 Å². The summed E-state index contributed by atoms with van der Waals surface area (Å²) in [6.07, 6.45) is -2.25. The molecule has 0 unspecified atom stereocenters. The smallest absolute Gasteiger partial charge is 0.355 e. The van der Waals surface area contributed by atoms with Crippen molar-refractivity contribution < 1.29 is 22.8 Å². The predicted octanol–water partition coefficient (Wildman–Crippen LogP) is 3.82. The highest BCUT2D eigenvalue weighted by atomic mass is 32.1. The first kappa shape index (κ1) is 22.3. The number of rotatable bonds is 7. The zero-order chi connectivity index (χ0) is 21.7. The van der Waals surface area contributed by atoms with Crippen LogP contribution >= 0.6 is 11.3 Å². The molecule has 0 bridgehead atoms. The number of nitrogens with one attached hydrogen (secondary N) is 1. The Morgan fingerprint density at radius 1 is 1.37 bits per heavy atom. The molecule has 2 aromatic rings. The second kappa shape index (κ2) is 9.59. The van der Waals surface area contributed by atoms with Gasteiger partial charge >= 0.3 is 6.18 Å². The molecule has 1 fully saturated rings. The Kier molecular flexibility index (Phi) is 7.12. The van der Waals surface area contributed by atoms with Gasteiger partial charge in [0.05, 0.1) is 22.2 Å². The number of benzene rings is 1. The Morgan fingerprint density at radius 3 is 2.87 bits per heavy atom. The summed E-state index contributed by atoms with van der Waals surface area (Å²) in [4.78, 5) is 30.7. The standard InChI is InChI=1S/C21H24F3N3O2S/c1-2-17-13-30-18(26-17)8-9-25-20(29)15-6-7-19(28)27(12-15)11-14-4-3-5-16(10-14)21(22,23)24/h3-5,10,13,15H,2,6-9,11-12H2,1H3,(H,25,29)/t15-/m1/s1. The molecule has 2 heterocycles. The number of nitrogens with zero attached hydrogens (tertiary/aromatic N) is 2. The van der Waals surface area contributed by atoms with Gasteiger partial charge in [0.25, 0.3) is 0 Å². The van der Waals surface area contributed by atoms with E-state index in [1.807, 2.05) is 12.3 Å². The molecule has 1 aliphatic rings. The number of alkyl halides is 3. The van der Waals surface area contributed by atoms with Gasteiger partial charge in [-0.25, -0.2) is 4.98 Å². The van der Waals surface area contributed by atoms with E-state index >= 15 is 0 Å². The maximum atomic E-state index is 12.9. The summed E-state index contributed by atoms with van der Waals surface area (Å²) in [5.74, 6) is -0.647. The van der Waals surface area contributed by atoms with Crippen LogP contribution in [0.2, 0.25) is 0 Å². The number of carbonyl (C=O) groups excluding carboxylic acids is 2. The molecular formula is C21H24F3N3O2S. The summed E-state index contributed by atoms with van der Waals surface area (Å²) in [6.45, 7) is 2.77. The van der Waals surface area contributed by atoms with Gasteiger partial charge in [-0.05, 0) is 30.5 Å². The molecule has 3 rings (SSSR count). The highest BCUT2D eigenvalue weighted by molar-refractivity contribution is 7.09. The minimum absolute atomic E-state index is 0.0610. The maximum Gasteiger partial charge on any atom is 0.416 e. The second-order valence-corrected chi connectivity index (χ2v) is 8.28. The topological polar surface area (TPSA) is 62.3 Å². The summed E-state index contributed by atoms with van der Waals surface area (Å²) in [5, 5.41) is 5.88. The van der Waals surface area contributed by atoms with Crippen LogP contribution in [0.5, 0.6) is 0 Å². The Bertz CT molecular complexity index is 898. The largest absolute Gasteiger partial charge is 0.416 e. The molecular weight excluding hydrogens is 415 g/mol. The third kappa shape index (κ3) is 5.81. The van der Waals surface area contributed by atoms with Crippen LogP contribution in [0, 0.1) is 5.92 Å². The van der Waals surface area contributed by atoms with Crippen LogP contribution in [0.3, 0.4) is 0 Å². The molecule has 0 spiro atoms. The van der Waals surface area contributed by atoms with Gasteiger partial charge in [-0.3, -0.25) is 9.59 Å². The SMILES string of the molecule is CCc1csc(CCNC(=O)[C@@H]2CCC(=O)N(Cc3cccc(C(F)(F)F)c3)C2)n1. The minimum Gasteiger partial charge on any atom is -0.355 e. The van der Waals surface area contributed by atoms with Crippen molar-refractivity contribution in [1.82, 2.24) is 15.2 Å². The van der Waals surface area contributed by atoms with Crippen molar-refractivity contribution in [2.75, 3.05) is 13.1 Å². The van der Waals surface area contributed by atoms with E-state index < -0.39 is 11.7 Å². The summed E-state index contributed by atoms with van der Waals surface area (Å²) >= 11 is 1.57. The third-order valence-corrected chi connectivity index (χ3v) is 6.06. The average Bonchev–Trinajstić information content (AvgIpc) is 3.17. The van der Waals surface area contributed by atoms with Gasteiger partial charge in [0.15, 0.2) is 0 Å². The van der Waals surface area contributed by atoms with Crippen molar-refractivity contribution in [1.29, 1.82) is 0 Å². The minimum atomic E-state index is -4.43. The monoisotopic (exact) mass is 439 g/mol. The van der Waals surface area contributed by atoms with Crippen molar-refractivity contribution in [3.05, 3.63) is 51.5 Å². The van der Waals surface area contributed by atoms with Crippen molar-refractivity contribution in [3.8, 4) is 0 Å². The first-order chi connectivity index (χ1) is 14.3. The molecule has 1 atom stereocenters. The molecule has 1 aliphatic heterocycles. The van der Waals surface area contributed by atoms with Gasteiger partial charge in [0.1, 0.15) is 0 Å². The lowest BCUT2D eigenvalue weighted by molar-refractivity contribution is -0.139. The number of piperidine rings is 1. The van der Waals surface area contributed by atoms with E-state index in [-0.39, 0.29) is 37.2 Å². The van der Waals surface area contributed by atoms with Crippen molar-refractivity contribution >= 4 is 23.2 Å². The molecule has 1 aromatic carbocycles. The average molecular weight is 440 g/mol. The number of hydrogen-bond donors (Lipinski definition) is 1. The molecule has 9 heteroatoms. The fourth-order valence-corrected chi connectivity index (χ4v) is 4.29. The van der Waals surface area contributed by atoms with Crippen molar-refractivity contribution in [2.24, 2.45) is 5.92 Å². The lowest BCUT2D eigenvalue weighted by Crippen LogP contribution is -2.45. The van der Waals surface area contributed by atoms with Gasteiger partial charge in [-0.1, -0.05) is 19.1 Å². The number of thiazole rings is 1. The van der Waals surface area contributed by atoms with Crippen LogP contribution in [0.15, 0.2) is 29.6 Å². The van der Waals surface area contributed by atoms with Gasteiger partial charge in [-0.15, -0.1) is 11.3 Å².